The Morgan fingerprint density at radius 2 is 2.29 bits per heavy atom. The zero-order chi connectivity index (χ0) is 12.8. The van der Waals surface area contributed by atoms with Crippen LogP contribution in [0.2, 0.25) is 0 Å². The van der Waals surface area contributed by atoms with E-state index in [1.165, 1.54) is 18.9 Å². The van der Waals surface area contributed by atoms with Crippen molar-refractivity contribution < 1.29 is 9.53 Å². The van der Waals surface area contributed by atoms with Crippen molar-refractivity contribution in [2.45, 2.75) is 37.2 Å². The second kappa shape index (κ2) is 6.61. The van der Waals surface area contributed by atoms with Crippen LogP contribution >= 0.6 is 11.8 Å². The molecule has 1 unspecified atom stereocenters. The summed E-state index contributed by atoms with van der Waals surface area (Å²) in [6.07, 6.45) is 0.688. The zero-order valence-corrected chi connectivity index (χ0v) is 11.2. The van der Waals surface area contributed by atoms with Crippen molar-refractivity contribution in [1.29, 1.82) is 0 Å². The molecule has 0 aliphatic heterocycles. The SMILES string of the molecule is CCn1c(CCN)nnc1SC(C)C(=O)OC. The number of esters is 1. The Morgan fingerprint density at radius 1 is 1.59 bits per heavy atom. The van der Waals surface area contributed by atoms with Crippen LogP contribution in [0, 0.1) is 0 Å². The van der Waals surface area contributed by atoms with Crippen LogP contribution in [0.4, 0.5) is 0 Å². The van der Waals surface area contributed by atoms with E-state index in [0.717, 1.165) is 17.5 Å². The molecule has 96 valence electrons. The van der Waals surface area contributed by atoms with Gasteiger partial charge in [-0.05, 0) is 20.4 Å². The van der Waals surface area contributed by atoms with E-state index in [9.17, 15) is 4.79 Å². The van der Waals surface area contributed by atoms with Crippen LogP contribution in [0.5, 0.6) is 0 Å². The van der Waals surface area contributed by atoms with Gasteiger partial charge in [-0.3, -0.25) is 4.79 Å². The molecule has 0 amide bonds. The summed E-state index contributed by atoms with van der Waals surface area (Å²) in [4.78, 5) is 11.3. The maximum atomic E-state index is 11.3. The Hall–Kier alpha value is -1.08. The summed E-state index contributed by atoms with van der Waals surface area (Å²) in [7, 11) is 1.38. The molecule has 0 saturated heterocycles. The second-order valence-corrected chi connectivity index (χ2v) is 4.77. The molecule has 6 nitrogen and oxygen atoms in total. The quantitative estimate of drug-likeness (QED) is 0.589. The van der Waals surface area contributed by atoms with E-state index in [1.54, 1.807) is 6.92 Å². The number of hydrogen-bond donors (Lipinski definition) is 1. The van der Waals surface area contributed by atoms with Crippen LogP contribution in [0.1, 0.15) is 19.7 Å². The molecule has 7 heteroatoms. The Morgan fingerprint density at radius 3 is 2.82 bits per heavy atom. The molecule has 0 fully saturated rings. The molecule has 0 aliphatic rings. The van der Waals surface area contributed by atoms with E-state index in [1.807, 2.05) is 11.5 Å². The van der Waals surface area contributed by atoms with E-state index >= 15 is 0 Å². The summed E-state index contributed by atoms with van der Waals surface area (Å²) >= 11 is 1.35. The minimum atomic E-state index is -0.291. The van der Waals surface area contributed by atoms with Crippen LogP contribution in [0.3, 0.4) is 0 Å². The zero-order valence-electron chi connectivity index (χ0n) is 10.3. The minimum absolute atomic E-state index is 0.263. The lowest BCUT2D eigenvalue weighted by molar-refractivity contribution is -0.139. The fourth-order valence-electron chi connectivity index (χ4n) is 1.41. The predicted octanol–water partition coefficient (Wildman–Crippen LogP) is 0.453. The standard InChI is InChI=1S/C10H18N4O2S/c1-4-14-8(5-6-11)12-13-10(14)17-7(2)9(15)16-3/h7H,4-6,11H2,1-3H3. The summed E-state index contributed by atoms with van der Waals surface area (Å²) in [5.41, 5.74) is 5.50. The molecule has 2 N–H and O–H groups in total. The molecule has 0 aliphatic carbocycles. The maximum Gasteiger partial charge on any atom is 0.318 e. The highest BCUT2D eigenvalue weighted by Gasteiger charge is 2.19. The molecule has 0 radical (unpaired) electrons. The van der Waals surface area contributed by atoms with Gasteiger partial charge in [0.05, 0.1) is 7.11 Å². The topological polar surface area (TPSA) is 83.0 Å². The normalized spacial score (nSPS) is 12.5. The van der Waals surface area contributed by atoms with Gasteiger partial charge in [-0.1, -0.05) is 11.8 Å². The van der Waals surface area contributed by atoms with Crippen molar-refractivity contribution in [3.05, 3.63) is 5.82 Å². The highest BCUT2D eigenvalue weighted by atomic mass is 32.2. The van der Waals surface area contributed by atoms with Crippen molar-refractivity contribution in [3.63, 3.8) is 0 Å². The number of carbonyl (C=O) groups excluding carboxylic acids is 1. The lowest BCUT2D eigenvalue weighted by atomic mass is 10.4. The number of thioether (sulfide) groups is 1. The van der Waals surface area contributed by atoms with Crippen LogP contribution in [-0.4, -0.2) is 39.6 Å². The minimum Gasteiger partial charge on any atom is -0.468 e. The highest BCUT2D eigenvalue weighted by molar-refractivity contribution is 8.00. The van der Waals surface area contributed by atoms with Crippen LogP contribution in [-0.2, 0) is 22.5 Å². The van der Waals surface area contributed by atoms with Gasteiger partial charge >= 0.3 is 5.97 Å². The fourth-order valence-corrected chi connectivity index (χ4v) is 2.37. The molecule has 0 bridgehead atoms. The molecule has 1 aromatic heterocycles. The molecule has 0 saturated carbocycles. The van der Waals surface area contributed by atoms with Crippen molar-refractivity contribution in [3.8, 4) is 0 Å². The summed E-state index contributed by atoms with van der Waals surface area (Å²) in [5.74, 6) is 0.593. The smallest absolute Gasteiger partial charge is 0.318 e. The maximum absolute atomic E-state index is 11.3. The number of carbonyl (C=O) groups is 1. The van der Waals surface area contributed by atoms with Gasteiger partial charge in [-0.2, -0.15) is 0 Å². The first-order chi connectivity index (χ1) is 8.13. The first kappa shape index (κ1) is 14.0. The van der Waals surface area contributed by atoms with E-state index in [2.05, 4.69) is 14.9 Å². The molecule has 17 heavy (non-hydrogen) atoms. The average Bonchev–Trinajstić information content (AvgIpc) is 2.70. The van der Waals surface area contributed by atoms with Gasteiger partial charge in [0.1, 0.15) is 11.1 Å². The van der Waals surface area contributed by atoms with Gasteiger partial charge in [0.15, 0.2) is 5.16 Å². The first-order valence-corrected chi connectivity index (χ1v) is 6.38. The monoisotopic (exact) mass is 258 g/mol. The molecule has 0 aromatic carbocycles. The second-order valence-electron chi connectivity index (χ2n) is 3.46. The third-order valence-electron chi connectivity index (χ3n) is 2.29. The molecular weight excluding hydrogens is 240 g/mol. The van der Waals surface area contributed by atoms with Crippen molar-refractivity contribution in [1.82, 2.24) is 14.8 Å². The molecule has 0 spiro atoms. The number of nitrogens with zero attached hydrogens (tertiary/aromatic N) is 3. The van der Waals surface area contributed by atoms with Gasteiger partial charge < -0.3 is 15.0 Å². The lowest BCUT2D eigenvalue weighted by Gasteiger charge is -2.10. The summed E-state index contributed by atoms with van der Waals surface area (Å²) in [5, 5.41) is 8.59. The van der Waals surface area contributed by atoms with E-state index in [4.69, 9.17) is 5.73 Å². The Kier molecular flexibility index (Phi) is 5.43. The van der Waals surface area contributed by atoms with Gasteiger partial charge in [-0.25, -0.2) is 0 Å². The number of methoxy groups -OCH3 is 1. The van der Waals surface area contributed by atoms with Gasteiger partial charge in [0, 0.05) is 13.0 Å². The molecule has 1 rings (SSSR count). The van der Waals surface area contributed by atoms with Crippen molar-refractivity contribution in [2.75, 3.05) is 13.7 Å². The van der Waals surface area contributed by atoms with E-state index in [0.29, 0.717) is 13.0 Å². The Balaban J connectivity index is 2.80. The van der Waals surface area contributed by atoms with E-state index in [-0.39, 0.29) is 11.2 Å². The summed E-state index contributed by atoms with van der Waals surface area (Å²) in [6.45, 7) is 5.10. The lowest BCUT2D eigenvalue weighted by Crippen LogP contribution is -2.16. The van der Waals surface area contributed by atoms with Gasteiger partial charge in [0.25, 0.3) is 0 Å². The van der Waals surface area contributed by atoms with Gasteiger partial charge in [-0.15, -0.1) is 10.2 Å². The molecule has 1 aromatic rings. The molecule has 1 heterocycles. The largest absolute Gasteiger partial charge is 0.468 e. The predicted molar refractivity (Wildman–Crippen MR) is 65.8 cm³/mol. The Bertz CT molecular complexity index is 380. The third kappa shape index (κ3) is 3.44. The van der Waals surface area contributed by atoms with Crippen LogP contribution in [0.25, 0.3) is 0 Å². The van der Waals surface area contributed by atoms with Crippen LogP contribution in [0.15, 0.2) is 5.16 Å². The van der Waals surface area contributed by atoms with Crippen molar-refractivity contribution >= 4 is 17.7 Å². The molecule has 1 atom stereocenters. The van der Waals surface area contributed by atoms with Gasteiger partial charge in [0.2, 0.25) is 0 Å². The fraction of sp³-hybridized carbons (Fsp3) is 0.700. The number of aromatic nitrogens is 3. The highest BCUT2D eigenvalue weighted by Crippen LogP contribution is 2.23. The average molecular weight is 258 g/mol. The van der Waals surface area contributed by atoms with Crippen molar-refractivity contribution in [2.24, 2.45) is 5.73 Å². The first-order valence-electron chi connectivity index (χ1n) is 5.50. The number of hydrogen-bond acceptors (Lipinski definition) is 6. The number of rotatable bonds is 6. The third-order valence-corrected chi connectivity index (χ3v) is 3.35. The Labute approximate surface area is 105 Å². The van der Waals surface area contributed by atoms with Crippen LogP contribution < -0.4 is 5.73 Å². The summed E-state index contributed by atoms with van der Waals surface area (Å²) in [6, 6.07) is 0. The number of ether oxygens (including phenoxy) is 1. The summed E-state index contributed by atoms with van der Waals surface area (Å²) < 4.78 is 6.64. The number of nitrogens with two attached hydrogens (primary N) is 1. The van der Waals surface area contributed by atoms with E-state index < -0.39 is 0 Å². The molecular formula is C10H18N4O2S.